The van der Waals surface area contributed by atoms with Crippen LogP contribution in [0.4, 0.5) is 0 Å². The Bertz CT molecular complexity index is 573. The normalized spacial score (nSPS) is 11.3. The zero-order valence-corrected chi connectivity index (χ0v) is 18.6. The summed E-state index contributed by atoms with van der Waals surface area (Å²) in [6.07, 6.45) is 13.6. The van der Waals surface area contributed by atoms with Crippen molar-refractivity contribution in [2.24, 2.45) is 0 Å². The Morgan fingerprint density at radius 2 is 1.36 bits per heavy atom. The predicted molar refractivity (Wildman–Crippen MR) is 95.9 cm³/mol. The van der Waals surface area contributed by atoms with Crippen LogP contribution in [0.25, 0.3) is 0 Å². The largest absolute Gasteiger partial charge is 1.00 e. The SMILES string of the molecule is CCCCCCCCCCCCCc1c([O-])cccc1S(=O)(=O)O.[Na+]. The van der Waals surface area contributed by atoms with Gasteiger partial charge in [-0.1, -0.05) is 83.3 Å². The summed E-state index contributed by atoms with van der Waals surface area (Å²) in [5.74, 6) is -0.308. The summed E-state index contributed by atoms with van der Waals surface area (Å²) < 4.78 is 31.9. The van der Waals surface area contributed by atoms with Gasteiger partial charge in [0.1, 0.15) is 0 Å². The molecule has 0 atom stereocenters. The van der Waals surface area contributed by atoms with Gasteiger partial charge in [0.05, 0.1) is 4.90 Å². The summed E-state index contributed by atoms with van der Waals surface area (Å²) in [6, 6.07) is 4.02. The molecule has 0 spiro atoms. The monoisotopic (exact) mass is 378 g/mol. The van der Waals surface area contributed by atoms with E-state index in [4.69, 9.17) is 0 Å². The Kier molecular flexibility index (Phi) is 14.0. The van der Waals surface area contributed by atoms with Crippen molar-refractivity contribution in [2.75, 3.05) is 0 Å². The average molecular weight is 379 g/mol. The molecule has 4 nitrogen and oxygen atoms in total. The van der Waals surface area contributed by atoms with Crippen LogP contribution in [0.15, 0.2) is 23.1 Å². The molecular weight excluding hydrogens is 347 g/mol. The van der Waals surface area contributed by atoms with Crippen LogP contribution in [-0.4, -0.2) is 13.0 Å². The third-order valence-corrected chi connectivity index (χ3v) is 5.34. The molecule has 1 rings (SSSR count). The molecule has 0 saturated heterocycles. The van der Waals surface area contributed by atoms with E-state index in [1.165, 1.54) is 69.6 Å². The molecule has 0 aromatic heterocycles. The number of hydrogen-bond donors (Lipinski definition) is 1. The van der Waals surface area contributed by atoms with Crippen LogP contribution in [0.3, 0.4) is 0 Å². The number of hydrogen-bond acceptors (Lipinski definition) is 3. The van der Waals surface area contributed by atoms with Crippen LogP contribution in [0, 0.1) is 0 Å². The van der Waals surface area contributed by atoms with Gasteiger partial charge in [0.25, 0.3) is 10.1 Å². The first-order chi connectivity index (χ1) is 11.5. The van der Waals surface area contributed by atoms with E-state index in [0.29, 0.717) is 6.42 Å². The Morgan fingerprint density at radius 1 is 0.880 bits per heavy atom. The molecule has 0 aliphatic rings. The van der Waals surface area contributed by atoms with Crippen LogP contribution in [0.1, 0.15) is 83.1 Å². The molecule has 1 aromatic rings. The van der Waals surface area contributed by atoms with Crippen LogP contribution in [-0.2, 0) is 16.5 Å². The van der Waals surface area contributed by atoms with Crippen molar-refractivity contribution in [2.45, 2.75) is 88.9 Å². The van der Waals surface area contributed by atoms with E-state index in [-0.39, 0.29) is 45.8 Å². The van der Waals surface area contributed by atoms with Crippen LogP contribution >= 0.6 is 0 Å². The quantitative estimate of drug-likeness (QED) is 0.323. The Hall–Kier alpha value is -0.0700. The zero-order chi connectivity index (χ0) is 17.8. The fourth-order valence-electron chi connectivity index (χ4n) is 3.00. The first-order valence-electron chi connectivity index (χ1n) is 9.23. The third-order valence-electron chi connectivity index (χ3n) is 4.40. The first kappa shape index (κ1) is 24.9. The standard InChI is InChI=1S/C19H32O4S.Na/c1-2-3-4-5-6-7-8-9-10-11-12-14-17-18(20)15-13-16-19(17)24(21,22)23;/h13,15-16,20H,2-12,14H2,1H3,(H,21,22,23);/q;+1/p-1. The maximum atomic E-state index is 11.8. The van der Waals surface area contributed by atoms with Crippen molar-refractivity contribution in [1.29, 1.82) is 0 Å². The van der Waals surface area contributed by atoms with Crippen molar-refractivity contribution in [3.63, 3.8) is 0 Å². The minimum atomic E-state index is -4.32. The fourth-order valence-corrected chi connectivity index (χ4v) is 3.76. The Morgan fingerprint density at radius 3 is 1.84 bits per heavy atom. The fraction of sp³-hybridized carbons (Fsp3) is 0.684. The molecule has 0 aliphatic heterocycles. The number of rotatable bonds is 13. The maximum Gasteiger partial charge on any atom is 1.00 e. The second-order valence-corrected chi connectivity index (χ2v) is 7.88. The van der Waals surface area contributed by atoms with E-state index in [1.807, 2.05) is 0 Å². The van der Waals surface area contributed by atoms with E-state index < -0.39 is 10.1 Å². The average Bonchev–Trinajstić information content (AvgIpc) is 2.52. The molecule has 25 heavy (non-hydrogen) atoms. The van der Waals surface area contributed by atoms with Gasteiger partial charge >= 0.3 is 29.6 Å². The third kappa shape index (κ3) is 10.6. The Labute approximate surface area is 175 Å². The van der Waals surface area contributed by atoms with Crippen LogP contribution in [0.5, 0.6) is 5.75 Å². The molecule has 0 amide bonds. The minimum absolute atomic E-state index is 0. The van der Waals surface area contributed by atoms with Gasteiger partial charge in [0, 0.05) is 0 Å². The van der Waals surface area contributed by atoms with Crippen molar-refractivity contribution >= 4 is 10.1 Å². The van der Waals surface area contributed by atoms with Crippen molar-refractivity contribution in [3.8, 4) is 5.75 Å². The molecule has 1 aromatic carbocycles. The molecule has 6 heteroatoms. The van der Waals surface area contributed by atoms with Gasteiger partial charge in [-0.2, -0.15) is 8.42 Å². The summed E-state index contributed by atoms with van der Waals surface area (Å²) in [7, 11) is -4.32. The van der Waals surface area contributed by atoms with Gasteiger partial charge in [-0.3, -0.25) is 4.55 Å². The smallest absolute Gasteiger partial charge is 0.872 e. The molecule has 0 saturated carbocycles. The van der Waals surface area contributed by atoms with E-state index >= 15 is 0 Å². The van der Waals surface area contributed by atoms with Gasteiger partial charge in [0.2, 0.25) is 0 Å². The van der Waals surface area contributed by atoms with Crippen molar-refractivity contribution in [3.05, 3.63) is 23.8 Å². The van der Waals surface area contributed by atoms with Crippen molar-refractivity contribution in [1.82, 2.24) is 0 Å². The topological polar surface area (TPSA) is 77.4 Å². The molecule has 0 heterocycles. The summed E-state index contributed by atoms with van der Waals surface area (Å²) in [5, 5.41) is 11.8. The molecular formula is C19H31NaO4S. The molecule has 0 radical (unpaired) electrons. The van der Waals surface area contributed by atoms with Gasteiger partial charge in [-0.15, -0.1) is 5.75 Å². The summed E-state index contributed by atoms with van der Waals surface area (Å²) in [5.41, 5.74) is 0.218. The summed E-state index contributed by atoms with van der Waals surface area (Å²) in [6.45, 7) is 2.23. The number of benzene rings is 1. The van der Waals surface area contributed by atoms with E-state index in [0.717, 1.165) is 19.3 Å². The van der Waals surface area contributed by atoms with E-state index in [1.54, 1.807) is 0 Å². The van der Waals surface area contributed by atoms with Gasteiger partial charge in [-0.25, -0.2) is 0 Å². The van der Waals surface area contributed by atoms with E-state index in [2.05, 4.69) is 6.92 Å². The molecule has 0 unspecified atom stereocenters. The zero-order valence-electron chi connectivity index (χ0n) is 15.8. The second kappa shape index (κ2) is 14.0. The Balaban J connectivity index is 0.00000576. The molecule has 0 aliphatic carbocycles. The van der Waals surface area contributed by atoms with Crippen LogP contribution in [0.2, 0.25) is 0 Å². The number of unbranched alkanes of at least 4 members (excludes halogenated alkanes) is 10. The molecule has 138 valence electrons. The first-order valence-corrected chi connectivity index (χ1v) is 10.7. The maximum absolute atomic E-state index is 11.8. The van der Waals surface area contributed by atoms with Gasteiger partial charge in [-0.05, 0) is 24.5 Å². The molecule has 0 fully saturated rings. The second-order valence-electron chi connectivity index (χ2n) is 6.49. The van der Waals surface area contributed by atoms with E-state index in [9.17, 15) is 18.1 Å². The minimum Gasteiger partial charge on any atom is -0.872 e. The van der Waals surface area contributed by atoms with Crippen LogP contribution < -0.4 is 34.7 Å². The molecule has 1 N–H and O–H groups in total. The van der Waals surface area contributed by atoms with Gasteiger partial charge < -0.3 is 5.11 Å². The summed E-state index contributed by atoms with van der Waals surface area (Å²) >= 11 is 0. The molecule has 0 bridgehead atoms. The van der Waals surface area contributed by atoms with Gasteiger partial charge in [0.15, 0.2) is 0 Å². The summed E-state index contributed by atoms with van der Waals surface area (Å²) in [4.78, 5) is -0.234. The van der Waals surface area contributed by atoms with Crippen molar-refractivity contribution < 1.29 is 47.6 Å². The predicted octanol–water partition coefficient (Wildman–Crippen LogP) is 1.86.